The van der Waals surface area contributed by atoms with Crippen LogP contribution in [0.2, 0.25) is 0 Å². The molecule has 0 bridgehead atoms. The Balaban J connectivity index is 0.00000162. The third kappa shape index (κ3) is 3.98. The van der Waals surface area contributed by atoms with Crippen LogP contribution in [0.5, 0.6) is 0 Å². The van der Waals surface area contributed by atoms with Crippen LogP contribution in [-0.4, -0.2) is 18.9 Å². The van der Waals surface area contributed by atoms with Crippen molar-refractivity contribution in [2.75, 3.05) is 13.2 Å². The highest BCUT2D eigenvalue weighted by molar-refractivity contribution is 5.85. The van der Waals surface area contributed by atoms with Gasteiger partial charge in [0.15, 0.2) is 0 Å². The highest BCUT2D eigenvalue weighted by Gasteiger charge is 2.35. The van der Waals surface area contributed by atoms with Crippen molar-refractivity contribution in [3.05, 3.63) is 35.4 Å². The summed E-state index contributed by atoms with van der Waals surface area (Å²) in [7, 11) is 0. The largest absolute Gasteiger partial charge is 0.360 e. The van der Waals surface area contributed by atoms with E-state index in [9.17, 15) is 0 Å². The van der Waals surface area contributed by atoms with Gasteiger partial charge < -0.3 is 4.74 Å². The van der Waals surface area contributed by atoms with E-state index in [-0.39, 0.29) is 23.5 Å². The van der Waals surface area contributed by atoms with Gasteiger partial charge >= 0.3 is 0 Å². The van der Waals surface area contributed by atoms with Crippen molar-refractivity contribution in [1.29, 1.82) is 0 Å². The quantitative estimate of drug-likeness (QED) is 0.889. The van der Waals surface area contributed by atoms with Crippen molar-refractivity contribution in [2.24, 2.45) is 5.41 Å². The van der Waals surface area contributed by atoms with Crippen molar-refractivity contribution in [2.45, 2.75) is 39.8 Å². The van der Waals surface area contributed by atoms with Crippen LogP contribution in [0.15, 0.2) is 24.3 Å². The van der Waals surface area contributed by atoms with Gasteiger partial charge in [-0.2, -0.15) is 0 Å². The minimum Gasteiger partial charge on any atom is -0.360 e. The predicted molar refractivity (Wildman–Crippen MR) is 78.3 cm³/mol. The second-order valence-corrected chi connectivity index (χ2v) is 6.20. The summed E-state index contributed by atoms with van der Waals surface area (Å²) >= 11 is 0. The normalized spacial score (nSPS) is 26.4. The maximum Gasteiger partial charge on any atom is 0.120 e. The molecule has 2 rings (SSSR count). The lowest BCUT2D eigenvalue weighted by Gasteiger charge is -2.42. The highest BCUT2D eigenvalue weighted by atomic mass is 35.5. The molecule has 1 heterocycles. The predicted octanol–water partition coefficient (Wildman–Crippen LogP) is 3.32. The van der Waals surface area contributed by atoms with Gasteiger partial charge in [0.05, 0.1) is 6.61 Å². The van der Waals surface area contributed by atoms with Crippen molar-refractivity contribution >= 4 is 12.4 Å². The van der Waals surface area contributed by atoms with Gasteiger partial charge in [-0.05, 0) is 19.4 Å². The molecule has 2 nitrogen and oxygen atoms in total. The van der Waals surface area contributed by atoms with Gasteiger partial charge in [-0.1, -0.05) is 43.7 Å². The van der Waals surface area contributed by atoms with Gasteiger partial charge in [-0.3, -0.25) is 5.32 Å². The maximum absolute atomic E-state index is 6.00. The summed E-state index contributed by atoms with van der Waals surface area (Å²) in [4.78, 5) is 0. The number of aryl methyl sites for hydroxylation is 1. The average molecular weight is 270 g/mol. The van der Waals surface area contributed by atoms with E-state index in [1.54, 1.807) is 0 Å². The average Bonchev–Trinajstić information content (AvgIpc) is 2.27. The zero-order valence-corrected chi connectivity index (χ0v) is 12.6. The lowest BCUT2D eigenvalue weighted by molar-refractivity contribution is -0.125. The molecule has 102 valence electrons. The first-order chi connectivity index (χ1) is 7.89. The standard InChI is InChI=1S/C15H23NO.ClH/c1-12-5-7-13(8-6-12)9-15(4)16-10-14(2,3)11-17-15;/h5-8,16H,9-11H2,1-4H3;1H. The molecule has 1 saturated heterocycles. The van der Waals surface area contributed by atoms with Gasteiger partial charge in [-0.15, -0.1) is 12.4 Å². The Kier molecular flexibility index (Phi) is 4.82. The van der Waals surface area contributed by atoms with Gasteiger partial charge in [0.25, 0.3) is 0 Å². The fourth-order valence-electron chi connectivity index (χ4n) is 2.09. The van der Waals surface area contributed by atoms with E-state index < -0.39 is 0 Å². The Labute approximate surface area is 117 Å². The summed E-state index contributed by atoms with van der Waals surface area (Å²) in [5, 5.41) is 3.53. The molecule has 1 unspecified atom stereocenters. The number of hydrogen-bond acceptors (Lipinski definition) is 2. The number of benzene rings is 1. The van der Waals surface area contributed by atoms with Crippen molar-refractivity contribution < 1.29 is 4.74 Å². The van der Waals surface area contributed by atoms with Crippen LogP contribution < -0.4 is 5.32 Å². The summed E-state index contributed by atoms with van der Waals surface area (Å²) in [6.07, 6.45) is 0.920. The number of hydrogen-bond donors (Lipinski definition) is 1. The minimum absolute atomic E-state index is 0. The Bertz CT molecular complexity index is 376. The van der Waals surface area contributed by atoms with Crippen LogP contribution in [0.3, 0.4) is 0 Å². The molecule has 1 aromatic rings. The lowest BCUT2D eigenvalue weighted by Crippen LogP contribution is -2.56. The first kappa shape index (κ1) is 15.5. The number of ether oxygens (including phenoxy) is 1. The molecule has 18 heavy (non-hydrogen) atoms. The Morgan fingerprint density at radius 3 is 2.28 bits per heavy atom. The first-order valence-corrected chi connectivity index (χ1v) is 6.33. The molecule has 0 spiro atoms. The molecule has 0 saturated carbocycles. The van der Waals surface area contributed by atoms with E-state index >= 15 is 0 Å². The Morgan fingerprint density at radius 1 is 1.17 bits per heavy atom. The Hall–Kier alpha value is -0.570. The third-order valence-electron chi connectivity index (χ3n) is 3.38. The molecule has 1 aromatic carbocycles. The van der Waals surface area contributed by atoms with Gasteiger partial charge in [-0.25, -0.2) is 0 Å². The molecule has 0 aromatic heterocycles. The molecule has 0 amide bonds. The highest BCUT2D eigenvalue weighted by Crippen LogP contribution is 2.26. The molecule has 1 aliphatic rings. The Morgan fingerprint density at radius 2 is 1.78 bits per heavy atom. The fourth-order valence-corrected chi connectivity index (χ4v) is 2.09. The van der Waals surface area contributed by atoms with Gasteiger partial charge in [0.2, 0.25) is 0 Å². The lowest BCUT2D eigenvalue weighted by atomic mass is 9.90. The third-order valence-corrected chi connectivity index (χ3v) is 3.38. The summed E-state index contributed by atoms with van der Waals surface area (Å²) in [5.41, 5.74) is 2.65. The van der Waals surface area contributed by atoms with E-state index in [0.29, 0.717) is 0 Å². The second-order valence-electron chi connectivity index (χ2n) is 6.20. The van der Waals surface area contributed by atoms with Crippen LogP contribution in [0.4, 0.5) is 0 Å². The molecular formula is C15H24ClNO. The first-order valence-electron chi connectivity index (χ1n) is 6.33. The maximum atomic E-state index is 6.00. The topological polar surface area (TPSA) is 21.3 Å². The van der Waals surface area contributed by atoms with Crippen molar-refractivity contribution in [3.63, 3.8) is 0 Å². The smallest absolute Gasteiger partial charge is 0.120 e. The zero-order valence-electron chi connectivity index (χ0n) is 11.7. The number of nitrogens with one attached hydrogen (secondary N) is 1. The fraction of sp³-hybridized carbons (Fsp3) is 0.600. The summed E-state index contributed by atoms with van der Waals surface area (Å²) in [5.74, 6) is 0. The van der Waals surface area contributed by atoms with Crippen molar-refractivity contribution in [1.82, 2.24) is 5.32 Å². The zero-order chi connectivity index (χ0) is 12.5. The molecule has 0 aliphatic carbocycles. The van der Waals surface area contributed by atoms with E-state index in [4.69, 9.17) is 4.74 Å². The molecule has 0 radical (unpaired) electrons. The van der Waals surface area contributed by atoms with E-state index in [0.717, 1.165) is 19.6 Å². The SMILES string of the molecule is Cc1ccc(CC2(C)NCC(C)(C)CO2)cc1.Cl. The van der Waals surface area contributed by atoms with Crippen LogP contribution in [0.1, 0.15) is 31.9 Å². The van der Waals surface area contributed by atoms with Crippen LogP contribution in [0, 0.1) is 12.3 Å². The summed E-state index contributed by atoms with van der Waals surface area (Å²) in [6, 6.07) is 8.69. The second kappa shape index (κ2) is 5.60. The van der Waals surface area contributed by atoms with E-state index in [2.05, 4.69) is 57.3 Å². The minimum atomic E-state index is -0.217. The van der Waals surface area contributed by atoms with Crippen LogP contribution in [0.25, 0.3) is 0 Å². The summed E-state index contributed by atoms with van der Waals surface area (Å²) < 4.78 is 6.00. The van der Waals surface area contributed by atoms with Crippen molar-refractivity contribution in [3.8, 4) is 0 Å². The van der Waals surface area contributed by atoms with Crippen LogP contribution in [-0.2, 0) is 11.2 Å². The molecule has 1 atom stereocenters. The van der Waals surface area contributed by atoms with Crippen LogP contribution >= 0.6 is 12.4 Å². The molecule has 1 fully saturated rings. The van der Waals surface area contributed by atoms with E-state index in [1.165, 1.54) is 11.1 Å². The van der Waals surface area contributed by atoms with Gasteiger partial charge in [0, 0.05) is 18.4 Å². The molecular weight excluding hydrogens is 246 g/mol. The van der Waals surface area contributed by atoms with E-state index in [1.807, 2.05) is 0 Å². The molecule has 1 N–H and O–H groups in total. The monoisotopic (exact) mass is 269 g/mol. The number of rotatable bonds is 2. The summed E-state index contributed by atoms with van der Waals surface area (Å²) in [6.45, 7) is 10.5. The molecule has 1 aliphatic heterocycles. The number of halogens is 1. The molecule has 3 heteroatoms. The van der Waals surface area contributed by atoms with Gasteiger partial charge in [0.1, 0.15) is 5.72 Å².